The normalized spacial score (nSPS) is 10.8. The number of aryl methyl sites for hydroxylation is 2. The molecule has 0 saturated heterocycles. The van der Waals surface area contributed by atoms with Gasteiger partial charge in [0, 0.05) is 23.0 Å². The molecule has 1 aromatic carbocycles. The number of rotatable bonds is 6. The van der Waals surface area contributed by atoms with Crippen LogP contribution in [0.4, 0.5) is 4.39 Å². The summed E-state index contributed by atoms with van der Waals surface area (Å²) in [6.07, 6.45) is 0. The number of esters is 1. The Balaban J connectivity index is 1.73. The van der Waals surface area contributed by atoms with Gasteiger partial charge in [-0.15, -0.1) is 0 Å². The second kappa shape index (κ2) is 7.67. The van der Waals surface area contributed by atoms with Gasteiger partial charge in [-0.25, -0.2) is 9.18 Å². The molecule has 0 atom stereocenters. The zero-order valence-corrected chi connectivity index (χ0v) is 15.9. The summed E-state index contributed by atoms with van der Waals surface area (Å²) in [5.74, 6) is -0.621. The van der Waals surface area contributed by atoms with E-state index >= 15 is 0 Å². The minimum Gasteiger partial charge on any atom is -0.494 e. The lowest BCUT2D eigenvalue weighted by atomic mass is 10.1. The molecule has 0 fully saturated rings. The van der Waals surface area contributed by atoms with Gasteiger partial charge in [0.25, 0.3) is 0 Å². The number of benzene rings is 1. The highest BCUT2D eigenvalue weighted by Crippen LogP contribution is 2.22. The smallest absolute Gasteiger partial charge is 0.338 e. The number of ketones is 1. The molecule has 8 heteroatoms. The van der Waals surface area contributed by atoms with E-state index in [1.54, 1.807) is 30.5 Å². The number of ether oxygens (including phenoxy) is 2. The fraction of sp³-hybridized carbons (Fsp3) is 0.250. The monoisotopic (exact) mass is 386 g/mol. The Hall–Kier alpha value is -3.42. The topological polar surface area (TPSA) is 83.6 Å². The van der Waals surface area contributed by atoms with Crippen molar-refractivity contribution in [2.75, 3.05) is 13.7 Å². The second-order valence-electron chi connectivity index (χ2n) is 6.26. The van der Waals surface area contributed by atoms with Crippen molar-refractivity contribution >= 4 is 11.8 Å². The van der Waals surface area contributed by atoms with E-state index in [9.17, 15) is 14.0 Å². The lowest BCUT2D eigenvalue weighted by Crippen LogP contribution is -2.15. The van der Waals surface area contributed by atoms with E-state index in [0.717, 1.165) is 11.8 Å². The van der Waals surface area contributed by atoms with Crippen LogP contribution in [0, 0.1) is 26.6 Å². The number of carbonyl (C=O) groups is 2. The average molecular weight is 386 g/mol. The Labute approximate surface area is 160 Å². The van der Waals surface area contributed by atoms with Crippen LogP contribution in [0.5, 0.6) is 5.75 Å². The van der Waals surface area contributed by atoms with Crippen LogP contribution in [0.2, 0.25) is 0 Å². The Kier molecular flexibility index (Phi) is 5.30. The van der Waals surface area contributed by atoms with Crippen LogP contribution in [0.15, 0.2) is 34.9 Å². The van der Waals surface area contributed by atoms with Crippen molar-refractivity contribution in [2.24, 2.45) is 0 Å². The predicted octanol–water partition coefficient (Wildman–Crippen LogP) is 3.58. The molecule has 3 rings (SSSR count). The van der Waals surface area contributed by atoms with Gasteiger partial charge in [0.15, 0.2) is 24.0 Å². The van der Waals surface area contributed by atoms with E-state index in [1.165, 1.54) is 19.2 Å². The van der Waals surface area contributed by atoms with Crippen molar-refractivity contribution in [3.05, 3.63) is 64.4 Å². The first kappa shape index (κ1) is 19.3. The fourth-order valence-corrected chi connectivity index (χ4v) is 2.94. The van der Waals surface area contributed by atoms with Crippen molar-refractivity contribution in [3.63, 3.8) is 0 Å². The number of Topliss-reactive ketones (excluding diaryl/α,β-unsaturated/α-hetero) is 1. The predicted molar refractivity (Wildman–Crippen MR) is 97.6 cm³/mol. The molecular formula is C20H19FN2O5. The van der Waals surface area contributed by atoms with Crippen LogP contribution in [-0.4, -0.2) is 35.2 Å². The third kappa shape index (κ3) is 3.66. The maximum absolute atomic E-state index is 13.7. The largest absolute Gasteiger partial charge is 0.494 e. The molecule has 3 aromatic rings. The van der Waals surface area contributed by atoms with Gasteiger partial charge in [0.1, 0.15) is 5.76 Å². The van der Waals surface area contributed by atoms with Gasteiger partial charge in [-0.3, -0.25) is 9.36 Å². The molecule has 0 N–H and O–H groups in total. The SMILES string of the molecule is COc1ccc(C(=O)OCC(=O)c2cc(C)n(-c3cc(C)on3)c2C)cc1F. The van der Waals surface area contributed by atoms with E-state index in [1.807, 2.05) is 6.92 Å². The van der Waals surface area contributed by atoms with Crippen molar-refractivity contribution in [1.82, 2.24) is 9.72 Å². The highest BCUT2D eigenvalue weighted by molar-refractivity contribution is 6.00. The van der Waals surface area contributed by atoms with E-state index < -0.39 is 18.4 Å². The number of aromatic nitrogens is 2. The molecule has 0 amide bonds. The van der Waals surface area contributed by atoms with Gasteiger partial charge >= 0.3 is 5.97 Å². The van der Waals surface area contributed by atoms with Crippen molar-refractivity contribution in [1.29, 1.82) is 0 Å². The molecule has 0 spiro atoms. The molecule has 7 nitrogen and oxygen atoms in total. The molecule has 2 heterocycles. The fourth-order valence-electron chi connectivity index (χ4n) is 2.94. The Morgan fingerprint density at radius 3 is 2.54 bits per heavy atom. The summed E-state index contributed by atoms with van der Waals surface area (Å²) in [6.45, 7) is 4.91. The number of nitrogens with zero attached hydrogens (tertiary/aromatic N) is 2. The average Bonchev–Trinajstić information content (AvgIpc) is 3.21. The van der Waals surface area contributed by atoms with Crippen LogP contribution < -0.4 is 4.74 Å². The Morgan fingerprint density at radius 1 is 1.18 bits per heavy atom. The lowest BCUT2D eigenvalue weighted by molar-refractivity contribution is 0.0474. The van der Waals surface area contributed by atoms with Gasteiger partial charge in [-0.1, -0.05) is 5.16 Å². The zero-order chi connectivity index (χ0) is 20.4. The molecule has 0 aliphatic rings. The molecule has 0 radical (unpaired) electrons. The summed E-state index contributed by atoms with van der Waals surface area (Å²) in [6, 6.07) is 7.15. The zero-order valence-electron chi connectivity index (χ0n) is 15.9. The Bertz CT molecular complexity index is 1050. The van der Waals surface area contributed by atoms with Crippen LogP contribution in [0.25, 0.3) is 5.82 Å². The maximum atomic E-state index is 13.7. The molecule has 28 heavy (non-hydrogen) atoms. The standard InChI is InChI=1S/C20H19FN2O5/c1-11-7-15(13(3)23(11)19-8-12(2)28-22-19)17(24)10-27-20(25)14-5-6-18(26-4)16(21)9-14/h5-9H,10H2,1-4H3. The molecule has 0 bridgehead atoms. The number of hydrogen-bond donors (Lipinski definition) is 0. The first-order valence-corrected chi connectivity index (χ1v) is 8.48. The second-order valence-corrected chi connectivity index (χ2v) is 6.26. The number of carbonyl (C=O) groups excluding carboxylic acids is 2. The molecule has 0 unspecified atom stereocenters. The molecular weight excluding hydrogens is 367 g/mol. The quantitative estimate of drug-likeness (QED) is 0.476. The molecule has 0 aliphatic heterocycles. The van der Waals surface area contributed by atoms with Crippen LogP contribution >= 0.6 is 0 Å². The molecule has 146 valence electrons. The summed E-state index contributed by atoms with van der Waals surface area (Å²) in [5, 5.41) is 3.96. The van der Waals surface area contributed by atoms with Crippen LogP contribution in [0.1, 0.15) is 37.9 Å². The van der Waals surface area contributed by atoms with Crippen molar-refractivity contribution in [2.45, 2.75) is 20.8 Å². The molecule has 0 saturated carbocycles. The number of methoxy groups -OCH3 is 1. The van der Waals surface area contributed by atoms with E-state index in [4.69, 9.17) is 14.0 Å². The summed E-state index contributed by atoms with van der Waals surface area (Å²) in [7, 11) is 1.33. The summed E-state index contributed by atoms with van der Waals surface area (Å²) >= 11 is 0. The van der Waals surface area contributed by atoms with Gasteiger partial charge in [-0.2, -0.15) is 0 Å². The number of hydrogen-bond acceptors (Lipinski definition) is 6. The first-order valence-electron chi connectivity index (χ1n) is 8.48. The molecule has 2 aromatic heterocycles. The van der Waals surface area contributed by atoms with Gasteiger partial charge in [-0.05, 0) is 45.0 Å². The van der Waals surface area contributed by atoms with Gasteiger partial charge in [0.2, 0.25) is 5.78 Å². The van der Waals surface area contributed by atoms with Gasteiger partial charge in [0.05, 0.1) is 12.7 Å². The van der Waals surface area contributed by atoms with Gasteiger partial charge < -0.3 is 14.0 Å². The third-order valence-corrected chi connectivity index (χ3v) is 4.30. The van der Waals surface area contributed by atoms with Crippen molar-refractivity contribution < 1.29 is 28.0 Å². The summed E-state index contributed by atoms with van der Waals surface area (Å²) < 4.78 is 30.4. The first-order chi connectivity index (χ1) is 13.3. The summed E-state index contributed by atoms with van der Waals surface area (Å²) in [4.78, 5) is 24.6. The number of halogens is 1. The Morgan fingerprint density at radius 2 is 1.93 bits per heavy atom. The van der Waals surface area contributed by atoms with Crippen LogP contribution in [-0.2, 0) is 4.74 Å². The van der Waals surface area contributed by atoms with E-state index in [0.29, 0.717) is 22.8 Å². The third-order valence-electron chi connectivity index (χ3n) is 4.30. The van der Waals surface area contributed by atoms with E-state index in [-0.39, 0.29) is 17.1 Å². The molecule has 0 aliphatic carbocycles. The van der Waals surface area contributed by atoms with Crippen LogP contribution in [0.3, 0.4) is 0 Å². The van der Waals surface area contributed by atoms with Crippen molar-refractivity contribution in [3.8, 4) is 11.6 Å². The summed E-state index contributed by atoms with van der Waals surface area (Å²) in [5.41, 5.74) is 1.85. The van der Waals surface area contributed by atoms with E-state index in [2.05, 4.69) is 5.16 Å². The highest BCUT2D eigenvalue weighted by Gasteiger charge is 2.20. The minimum absolute atomic E-state index is 0.00496. The maximum Gasteiger partial charge on any atom is 0.338 e. The highest BCUT2D eigenvalue weighted by atomic mass is 19.1. The lowest BCUT2D eigenvalue weighted by Gasteiger charge is -2.07. The minimum atomic E-state index is -0.796.